The molecule has 0 saturated heterocycles. The number of anilines is 1. The molecular formula is C10H11BrFNO2. The van der Waals surface area contributed by atoms with Crippen molar-refractivity contribution in [1.29, 1.82) is 0 Å². The Labute approximate surface area is 95.4 Å². The van der Waals surface area contributed by atoms with E-state index >= 15 is 0 Å². The van der Waals surface area contributed by atoms with E-state index in [4.69, 9.17) is 9.84 Å². The van der Waals surface area contributed by atoms with E-state index in [-0.39, 0.29) is 18.2 Å². The second-order valence-electron chi connectivity index (χ2n) is 3.54. The molecule has 1 atom stereocenters. The number of rotatable bonds is 1. The van der Waals surface area contributed by atoms with Crippen molar-refractivity contribution in [3.05, 3.63) is 21.9 Å². The largest absolute Gasteiger partial charge is 0.488 e. The number of hydrogen-bond acceptors (Lipinski definition) is 3. The van der Waals surface area contributed by atoms with Gasteiger partial charge in [-0.25, -0.2) is 4.39 Å². The van der Waals surface area contributed by atoms with E-state index in [0.29, 0.717) is 22.5 Å². The van der Waals surface area contributed by atoms with Crippen LogP contribution in [0.1, 0.15) is 12.5 Å². The van der Waals surface area contributed by atoms with Crippen LogP contribution in [0.3, 0.4) is 0 Å². The summed E-state index contributed by atoms with van der Waals surface area (Å²) in [5, 5.41) is 12.2. The van der Waals surface area contributed by atoms with Gasteiger partial charge < -0.3 is 15.2 Å². The number of nitrogens with one attached hydrogen (secondary N) is 1. The Hall–Kier alpha value is -0.810. The van der Waals surface area contributed by atoms with E-state index < -0.39 is 5.82 Å². The molecule has 1 unspecified atom stereocenters. The Balaban J connectivity index is 2.58. The average Bonchev–Trinajstić information content (AvgIpc) is 2.17. The zero-order chi connectivity index (χ0) is 11.0. The van der Waals surface area contributed by atoms with Crippen molar-refractivity contribution in [1.82, 2.24) is 0 Å². The molecule has 82 valence electrons. The van der Waals surface area contributed by atoms with E-state index in [2.05, 4.69) is 21.2 Å². The van der Waals surface area contributed by atoms with Crippen molar-refractivity contribution in [2.45, 2.75) is 19.6 Å². The number of aliphatic hydroxyl groups excluding tert-OH is 1. The van der Waals surface area contributed by atoms with E-state index in [9.17, 15) is 4.39 Å². The van der Waals surface area contributed by atoms with Crippen LogP contribution in [-0.2, 0) is 6.61 Å². The van der Waals surface area contributed by atoms with Gasteiger partial charge in [0.25, 0.3) is 0 Å². The van der Waals surface area contributed by atoms with E-state index in [1.54, 1.807) is 0 Å². The molecule has 1 aliphatic rings. The number of fused-ring (bicyclic) bond motifs is 1. The van der Waals surface area contributed by atoms with Crippen LogP contribution in [0.5, 0.6) is 5.75 Å². The summed E-state index contributed by atoms with van der Waals surface area (Å²) in [5.41, 5.74) is 0.794. The second kappa shape index (κ2) is 3.98. The molecule has 1 heterocycles. The van der Waals surface area contributed by atoms with Crippen LogP contribution in [0.2, 0.25) is 0 Å². The zero-order valence-corrected chi connectivity index (χ0v) is 9.77. The first-order valence-corrected chi connectivity index (χ1v) is 5.44. The van der Waals surface area contributed by atoms with Crippen molar-refractivity contribution in [3.63, 3.8) is 0 Å². The summed E-state index contributed by atoms with van der Waals surface area (Å²) in [7, 11) is 0. The molecule has 2 N–H and O–H groups in total. The number of aliphatic hydroxyl groups is 1. The van der Waals surface area contributed by atoms with Gasteiger partial charge in [-0.3, -0.25) is 0 Å². The highest BCUT2D eigenvalue weighted by molar-refractivity contribution is 9.10. The van der Waals surface area contributed by atoms with Crippen molar-refractivity contribution in [2.75, 3.05) is 11.9 Å². The Bertz CT molecular complexity index is 377. The van der Waals surface area contributed by atoms with Gasteiger partial charge in [0, 0.05) is 5.56 Å². The highest BCUT2D eigenvalue weighted by atomic mass is 79.9. The van der Waals surface area contributed by atoms with Gasteiger partial charge >= 0.3 is 0 Å². The first kappa shape index (κ1) is 10.7. The summed E-state index contributed by atoms with van der Waals surface area (Å²) in [6, 6.07) is 1.42. The summed E-state index contributed by atoms with van der Waals surface area (Å²) in [5.74, 6) is 0.131. The van der Waals surface area contributed by atoms with E-state index in [0.717, 1.165) is 0 Å². The first-order chi connectivity index (χ1) is 7.13. The summed E-state index contributed by atoms with van der Waals surface area (Å²) in [6.45, 7) is 2.12. The van der Waals surface area contributed by atoms with Crippen LogP contribution in [0.15, 0.2) is 10.5 Å². The van der Waals surface area contributed by atoms with Gasteiger partial charge in [0.2, 0.25) is 0 Å². The van der Waals surface area contributed by atoms with Gasteiger partial charge in [-0.1, -0.05) is 0 Å². The maximum Gasteiger partial charge on any atom is 0.157 e. The van der Waals surface area contributed by atoms with Crippen molar-refractivity contribution in [2.24, 2.45) is 0 Å². The second-order valence-corrected chi connectivity index (χ2v) is 4.39. The molecule has 1 aromatic rings. The third-order valence-electron chi connectivity index (χ3n) is 2.31. The normalized spacial score (nSPS) is 19.1. The fourth-order valence-corrected chi connectivity index (χ4v) is 2.10. The summed E-state index contributed by atoms with van der Waals surface area (Å²) in [6.07, 6.45) is 0. The molecule has 3 nitrogen and oxygen atoms in total. The zero-order valence-electron chi connectivity index (χ0n) is 8.18. The van der Waals surface area contributed by atoms with Crippen LogP contribution in [-0.4, -0.2) is 17.8 Å². The monoisotopic (exact) mass is 275 g/mol. The minimum atomic E-state index is -0.437. The Morgan fingerprint density at radius 3 is 3.13 bits per heavy atom. The van der Waals surface area contributed by atoms with Gasteiger partial charge in [0.15, 0.2) is 5.75 Å². The van der Waals surface area contributed by atoms with Crippen LogP contribution >= 0.6 is 15.9 Å². The molecular weight excluding hydrogens is 265 g/mol. The molecule has 0 aliphatic carbocycles. The SMILES string of the molecule is CC1COc2c(Br)cc(F)c(CO)c2N1. The molecule has 0 aromatic heterocycles. The third kappa shape index (κ3) is 1.81. The predicted molar refractivity (Wildman–Crippen MR) is 58.6 cm³/mol. The maximum atomic E-state index is 13.5. The van der Waals surface area contributed by atoms with Crippen LogP contribution < -0.4 is 10.1 Å². The molecule has 0 amide bonds. The fourth-order valence-electron chi connectivity index (χ4n) is 1.58. The predicted octanol–water partition coefficient (Wildman–Crippen LogP) is 2.27. The Kier molecular flexibility index (Phi) is 2.84. The highest BCUT2D eigenvalue weighted by Crippen LogP contribution is 2.40. The molecule has 0 spiro atoms. The summed E-state index contributed by atoms with van der Waals surface area (Å²) in [4.78, 5) is 0. The Morgan fingerprint density at radius 1 is 1.73 bits per heavy atom. The molecule has 0 fully saturated rings. The molecule has 5 heteroatoms. The highest BCUT2D eigenvalue weighted by Gasteiger charge is 2.23. The third-order valence-corrected chi connectivity index (χ3v) is 2.90. The fraction of sp³-hybridized carbons (Fsp3) is 0.400. The number of benzene rings is 1. The van der Waals surface area contributed by atoms with Gasteiger partial charge in [-0.2, -0.15) is 0 Å². The smallest absolute Gasteiger partial charge is 0.157 e. The van der Waals surface area contributed by atoms with Crippen LogP contribution in [0.25, 0.3) is 0 Å². The molecule has 0 saturated carbocycles. The molecule has 15 heavy (non-hydrogen) atoms. The lowest BCUT2D eigenvalue weighted by atomic mass is 10.1. The number of ether oxygens (including phenoxy) is 1. The lowest BCUT2D eigenvalue weighted by Crippen LogP contribution is -2.29. The summed E-state index contributed by atoms with van der Waals surface area (Å²) < 4.78 is 19.5. The molecule has 1 aliphatic heterocycles. The van der Waals surface area contributed by atoms with Crippen LogP contribution in [0.4, 0.5) is 10.1 Å². The number of hydrogen-bond donors (Lipinski definition) is 2. The molecule has 1 aromatic carbocycles. The van der Waals surface area contributed by atoms with E-state index in [1.165, 1.54) is 6.07 Å². The minimum absolute atomic E-state index is 0.108. The quantitative estimate of drug-likeness (QED) is 0.826. The standard InChI is InChI=1S/C10H11BrFNO2/c1-5-4-15-10-7(11)2-8(12)6(3-14)9(10)13-5/h2,5,13-14H,3-4H2,1H3. The van der Waals surface area contributed by atoms with Gasteiger partial charge in [-0.05, 0) is 28.9 Å². The molecule has 0 bridgehead atoms. The lowest BCUT2D eigenvalue weighted by Gasteiger charge is -2.27. The average molecular weight is 276 g/mol. The van der Waals surface area contributed by atoms with Crippen molar-refractivity contribution < 1.29 is 14.2 Å². The summed E-state index contributed by atoms with van der Waals surface area (Å²) >= 11 is 3.23. The van der Waals surface area contributed by atoms with Gasteiger partial charge in [-0.15, -0.1) is 0 Å². The Morgan fingerprint density at radius 2 is 2.47 bits per heavy atom. The minimum Gasteiger partial charge on any atom is -0.488 e. The molecule has 0 radical (unpaired) electrons. The van der Waals surface area contributed by atoms with Gasteiger partial charge in [0.1, 0.15) is 12.4 Å². The van der Waals surface area contributed by atoms with Crippen molar-refractivity contribution >= 4 is 21.6 Å². The number of halogens is 2. The maximum absolute atomic E-state index is 13.5. The van der Waals surface area contributed by atoms with Gasteiger partial charge in [0.05, 0.1) is 22.8 Å². The first-order valence-electron chi connectivity index (χ1n) is 4.64. The van der Waals surface area contributed by atoms with Crippen molar-refractivity contribution in [3.8, 4) is 5.75 Å². The molecule has 2 rings (SSSR count). The lowest BCUT2D eigenvalue weighted by molar-refractivity contribution is 0.266. The van der Waals surface area contributed by atoms with E-state index in [1.807, 2.05) is 6.92 Å². The van der Waals surface area contributed by atoms with Crippen LogP contribution in [0, 0.1) is 5.82 Å². The topological polar surface area (TPSA) is 41.5 Å².